The third kappa shape index (κ3) is 4.42. The van der Waals surface area contributed by atoms with Crippen molar-refractivity contribution in [2.45, 2.75) is 70.1 Å². The Bertz CT molecular complexity index is 975. The third-order valence-corrected chi connectivity index (χ3v) is 7.76. The molecule has 7 nitrogen and oxygen atoms in total. The molecule has 4 rings (SSSR count). The van der Waals surface area contributed by atoms with Crippen LogP contribution in [0.4, 0.5) is 4.79 Å². The van der Waals surface area contributed by atoms with Gasteiger partial charge < -0.3 is 9.64 Å². The van der Waals surface area contributed by atoms with Crippen LogP contribution in [0.25, 0.3) is 10.6 Å². The van der Waals surface area contributed by atoms with Gasteiger partial charge in [-0.15, -0.1) is 11.3 Å². The quantitative estimate of drug-likeness (QED) is 0.661. The van der Waals surface area contributed by atoms with E-state index in [-0.39, 0.29) is 6.09 Å². The van der Waals surface area contributed by atoms with Gasteiger partial charge in [-0.05, 0) is 52.0 Å². The molecule has 0 aromatic carbocycles. The number of thiazole rings is 1. The van der Waals surface area contributed by atoms with Gasteiger partial charge in [-0.2, -0.15) is 0 Å². The van der Waals surface area contributed by atoms with Gasteiger partial charge in [0.15, 0.2) is 0 Å². The Kier molecular flexibility index (Phi) is 5.94. The molecule has 2 aromatic rings. The fraction of sp³-hybridized carbons (Fsp3) is 0.619. The number of amides is 1. The first-order valence-electron chi connectivity index (χ1n) is 10.5. The lowest BCUT2D eigenvalue weighted by atomic mass is 9.97. The summed E-state index contributed by atoms with van der Waals surface area (Å²) >= 11 is 1.70. The van der Waals surface area contributed by atoms with Crippen molar-refractivity contribution >= 4 is 28.2 Å². The number of aryl methyl sites for hydroxylation is 2. The largest absolute Gasteiger partial charge is 0.444 e. The second-order valence-electron chi connectivity index (χ2n) is 8.73. The molecule has 30 heavy (non-hydrogen) atoms. The molecule has 1 unspecified atom stereocenters. The minimum Gasteiger partial charge on any atom is -0.444 e. The molecule has 1 aliphatic carbocycles. The molecule has 0 spiro atoms. The summed E-state index contributed by atoms with van der Waals surface area (Å²) in [4.78, 5) is 29.1. The molecule has 2 aliphatic rings. The molecule has 0 radical (unpaired) electrons. The van der Waals surface area contributed by atoms with Gasteiger partial charge in [0.05, 0.1) is 32.1 Å². The van der Waals surface area contributed by atoms with Crippen LogP contribution in [0.2, 0.25) is 0 Å². The minimum atomic E-state index is -1.17. The first-order chi connectivity index (χ1) is 14.2. The Labute approximate surface area is 183 Å². The molecule has 1 atom stereocenters. The highest BCUT2D eigenvalue weighted by Crippen LogP contribution is 2.41. The molecule has 2 aromatic heterocycles. The van der Waals surface area contributed by atoms with Crippen LogP contribution >= 0.6 is 11.3 Å². The molecule has 3 heterocycles. The summed E-state index contributed by atoms with van der Waals surface area (Å²) in [5.41, 5.74) is 2.62. The molecule has 9 heteroatoms. The van der Waals surface area contributed by atoms with Crippen LogP contribution in [-0.2, 0) is 28.4 Å². The van der Waals surface area contributed by atoms with Gasteiger partial charge in [0.1, 0.15) is 5.60 Å². The van der Waals surface area contributed by atoms with Crippen LogP contribution in [0.1, 0.15) is 62.7 Å². The number of piperidine rings is 1. The van der Waals surface area contributed by atoms with Crippen molar-refractivity contribution < 1.29 is 13.7 Å². The number of likely N-dealkylation sites (tertiary alicyclic amines) is 1. The van der Waals surface area contributed by atoms with E-state index in [0.717, 1.165) is 52.5 Å². The van der Waals surface area contributed by atoms with E-state index in [1.807, 2.05) is 33.9 Å². The average molecular weight is 449 g/mol. The topological polar surface area (TPSA) is 85.3 Å². The number of carbonyl (C=O) groups excluding carboxylic acids is 1. The van der Waals surface area contributed by atoms with E-state index in [0.29, 0.717) is 29.9 Å². The summed E-state index contributed by atoms with van der Waals surface area (Å²) in [6, 6.07) is 0. The predicted molar refractivity (Wildman–Crippen MR) is 117 cm³/mol. The van der Waals surface area contributed by atoms with Crippen molar-refractivity contribution in [2.24, 2.45) is 0 Å². The number of ether oxygens (including phenoxy) is 1. The van der Waals surface area contributed by atoms with Gasteiger partial charge in [0.2, 0.25) is 5.16 Å². The van der Waals surface area contributed by atoms with Crippen LogP contribution in [0, 0.1) is 0 Å². The smallest absolute Gasteiger partial charge is 0.410 e. The zero-order chi connectivity index (χ0) is 21.5. The maximum absolute atomic E-state index is 12.3. The number of fused-ring (bicyclic) bond motifs is 3. The molecular weight excluding hydrogens is 420 g/mol. The second kappa shape index (κ2) is 8.34. The highest BCUT2D eigenvalue weighted by atomic mass is 32.2. The van der Waals surface area contributed by atoms with Crippen molar-refractivity contribution in [3.05, 3.63) is 22.5 Å². The third-order valence-electron chi connectivity index (χ3n) is 5.36. The van der Waals surface area contributed by atoms with Crippen LogP contribution < -0.4 is 0 Å². The number of rotatable bonds is 3. The summed E-state index contributed by atoms with van der Waals surface area (Å²) < 4.78 is 17.7. The van der Waals surface area contributed by atoms with Crippen LogP contribution in [0.15, 0.2) is 11.4 Å². The summed E-state index contributed by atoms with van der Waals surface area (Å²) in [5, 5.41) is 1.53. The lowest BCUT2D eigenvalue weighted by Gasteiger charge is -2.32. The van der Waals surface area contributed by atoms with Crippen molar-refractivity contribution in [3.8, 4) is 10.6 Å². The van der Waals surface area contributed by atoms with Gasteiger partial charge in [-0.25, -0.2) is 19.7 Å². The van der Waals surface area contributed by atoms with E-state index in [1.165, 1.54) is 0 Å². The average Bonchev–Trinajstić information content (AvgIpc) is 3.16. The Morgan fingerprint density at radius 2 is 2.00 bits per heavy atom. The molecule has 1 aliphatic heterocycles. The maximum atomic E-state index is 12.3. The molecule has 0 bridgehead atoms. The molecule has 1 amide bonds. The van der Waals surface area contributed by atoms with Gasteiger partial charge in [0.25, 0.3) is 0 Å². The second-order valence-corrected chi connectivity index (χ2v) is 11.4. The van der Waals surface area contributed by atoms with Crippen LogP contribution in [0.5, 0.6) is 0 Å². The van der Waals surface area contributed by atoms with Crippen LogP contribution in [-0.4, -0.2) is 54.6 Å². The van der Waals surface area contributed by atoms with Gasteiger partial charge in [0, 0.05) is 31.0 Å². The molecule has 1 saturated heterocycles. The number of hydrogen-bond donors (Lipinski definition) is 0. The normalized spacial score (nSPS) is 17.9. The number of hydrogen-bond acceptors (Lipinski definition) is 7. The highest BCUT2D eigenvalue weighted by Gasteiger charge is 2.31. The summed E-state index contributed by atoms with van der Waals surface area (Å²) in [6.45, 7) is 8.91. The van der Waals surface area contributed by atoms with E-state index in [4.69, 9.17) is 9.72 Å². The van der Waals surface area contributed by atoms with Gasteiger partial charge >= 0.3 is 6.09 Å². The zero-order valence-corrected chi connectivity index (χ0v) is 19.6. The SMILES string of the molecule is CCS(=O)c1ncc2c(n1)-c1sc(C3CCN(C(=O)OC(C)(C)C)CC3)nc1CC2. The van der Waals surface area contributed by atoms with Gasteiger partial charge in [-0.1, -0.05) is 6.92 Å². The Hall–Kier alpha value is -1.87. The van der Waals surface area contributed by atoms with Crippen molar-refractivity contribution in [1.29, 1.82) is 0 Å². The minimum absolute atomic E-state index is 0.235. The maximum Gasteiger partial charge on any atom is 0.410 e. The number of aromatic nitrogens is 3. The first kappa shape index (κ1) is 21.4. The molecule has 0 saturated carbocycles. The van der Waals surface area contributed by atoms with E-state index in [2.05, 4.69) is 9.97 Å². The van der Waals surface area contributed by atoms with E-state index in [1.54, 1.807) is 16.2 Å². The molecule has 162 valence electrons. The van der Waals surface area contributed by atoms with E-state index in [9.17, 15) is 9.00 Å². The molecule has 1 fully saturated rings. The fourth-order valence-corrected chi connectivity index (χ4v) is 5.72. The summed E-state index contributed by atoms with van der Waals surface area (Å²) in [5.74, 6) is 0.851. The lowest BCUT2D eigenvalue weighted by Crippen LogP contribution is -2.41. The van der Waals surface area contributed by atoms with Gasteiger partial charge in [-0.3, -0.25) is 4.21 Å². The molecular formula is C21H28N4O3S2. The highest BCUT2D eigenvalue weighted by molar-refractivity contribution is 7.84. The van der Waals surface area contributed by atoms with E-state index < -0.39 is 16.4 Å². The van der Waals surface area contributed by atoms with Crippen LogP contribution in [0.3, 0.4) is 0 Å². The first-order valence-corrected chi connectivity index (χ1v) is 12.6. The zero-order valence-electron chi connectivity index (χ0n) is 17.9. The number of carbonyl (C=O) groups is 1. The van der Waals surface area contributed by atoms with Crippen molar-refractivity contribution in [2.75, 3.05) is 18.8 Å². The van der Waals surface area contributed by atoms with E-state index >= 15 is 0 Å². The monoisotopic (exact) mass is 448 g/mol. The standard InChI is InChI=1S/C21H28N4O3S2/c1-5-30(27)19-22-12-14-6-7-15-17(16(14)24-19)29-18(23-15)13-8-10-25(11-9-13)20(26)28-21(2,3)4/h12-13H,5-11H2,1-4H3. The Balaban J connectivity index is 1.50. The summed E-state index contributed by atoms with van der Waals surface area (Å²) in [7, 11) is -1.17. The lowest BCUT2D eigenvalue weighted by molar-refractivity contribution is 0.0204. The van der Waals surface area contributed by atoms with Crippen molar-refractivity contribution in [1.82, 2.24) is 19.9 Å². The molecule has 0 N–H and O–H groups in total. The predicted octanol–water partition coefficient (Wildman–Crippen LogP) is 3.94. The fourth-order valence-electron chi connectivity index (χ4n) is 3.80. The Morgan fingerprint density at radius 3 is 2.67 bits per heavy atom. The summed E-state index contributed by atoms with van der Waals surface area (Å²) in [6.07, 6.45) is 5.10. The number of nitrogens with zero attached hydrogens (tertiary/aromatic N) is 4. The van der Waals surface area contributed by atoms with Crippen molar-refractivity contribution in [3.63, 3.8) is 0 Å². The Morgan fingerprint density at radius 1 is 1.27 bits per heavy atom.